The second-order valence-electron chi connectivity index (χ2n) is 10.5. The van der Waals surface area contributed by atoms with E-state index in [4.69, 9.17) is 4.74 Å². The molecule has 1 N–H and O–H groups in total. The molecule has 8 nitrogen and oxygen atoms in total. The molecule has 0 bridgehead atoms. The van der Waals surface area contributed by atoms with Crippen LogP contribution in [0.3, 0.4) is 0 Å². The molecule has 0 aliphatic heterocycles. The maximum atomic E-state index is 14.5. The average Bonchev–Trinajstić information content (AvgIpc) is 3.10. The number of benzene rings is 5. The van der Waals surface area contributed by atoms with E-state index >= 15 is 0 Å². The minimum Gasteiger partial charge on any atom is -0.426 e. The number of anilines is 1. The van der Waals surface area contributed by atoms with Gasteiger partial charge in [0.15, 0.2) is 11.6 Å². The summed E-state index contributed by atoms with van der Waals surface area (Å²) < 4.78 is 20.0. The molecule has 0 spiro atoms. The van der Waals surface area contributed by atoms with Crippen LogP contribution in [-0.4, -0.2) is 35.1 Å². The van der Waals surface area contributed by atoms with E-state index in [1.165, 1.54) is 48.5 Å². The van der Waals surface area contributed by atoms with Crippen LogP contribution in [0, 0.1) is 0 Å². The lowest BCUT2D eigenvalue weighted by atomic mass is 9.83. The van der Waals surface area contributed by atoms with E-state index in [9.17, 15) is 28.5 Å². The summed E-state index contributed by atoms with van der Waals surface area (Å²) in [5.41, 5.74) is 0.214. The summed E-state index contributed by atoms with van der Waals surface area (Å²) in [6, 6.07) is 33.1. The molecule has 46 heavy (non-hydrogen) atoms. The molecule has 0 saturated carbocycles. The van der Waals surface area contributed by atoms with Crippen molar-refractivity contribution in [2.75, 3.05) is 11.9 Å². The molecule has 9 heteroatoms. The van der Waals surface area contributed by atoms with E-state index in [0.29, 0.717) is 16.8 Å². The van der Waals surface area contributed by atoms with Crippen molar-refractivity contribution in [1.29, 1.82) is 0 Å². The van der Waals surface area contributed by atoms with Gasteiger partial charge in [0.1, 0.15) is 5.75 Å². The van der Waals surface area contributed by atoms with E-state index < -0.39 is 24.2 Å². The third-order valence-corrected chi connectivity index (χ3v) is 10.3. The SMILES string of the molecule is O=C(CCNc1cccc2c1C(=O)c1ccccc1C2=O)Oc1cccc(P(=O)(C(=O)c2ccccc2)C(=O)c2ccccc2)c1. The quantitative estimate of drug-likeness (QED) is 0.103. The van der Waals surface area contributed by atoms with E-state index in [-0.39, 0.29) is 57.8 Å². The topological polar surface area (TPSA) is 124 Å². The normalized spacial score (nSPS) is 12.1. The van der Waals surface area contributed by atoms with Gasteiger partial charge < -0.3 is 14.6 Å². The van der Waals surface area contributed by atoms with E-state index in [1.807, 2.05) is 0 Å². The number of hydrogen-bond acceptors (Lipinski definition) is 8. The zero-order valence-electron chi connectivity index (χ0n) is 24.3. The maximum Gasteiger partial charge on any atom is 0.312 e. The van der Waals surface area contributed by atoms with Crippen LogP contribution in [0.4, 0.5) is 5.69 Å². The molecule has 0 amide bonds. The standard InChI is InChI=1S/C37H26NO7P/c39-32(21-22-38-31-20-10-19-30-33(31)35(41)29-18-8-7-17-28(29)34(30)40)45-26-15-9-16-27(23-26)46(44,36(42)24-11-3-1-4-12-24)37(43)25-13-5-2-6-14-25/h1-20,23,38H,21-22H2. The number of esters is 1. The summed E-state index contributed by atoms with van der Waals surface area (Å²) in [4.78, 5) is 66.4. The number of fused-ring (bicyclic) bond motifs is 2. The first-order chi connectivity index (χ1) is 22.3. The van der Waals surface area contributed by atoms with Crippen LogP contribution in [0.2, 0.25) is 0 Å². The Morgan fingerprint density at radius 2 is 1.15 bits per heavy atom. The molecule has 5 aromatic carbocycles. The summed E-state index contributed by atoms with van der Waals surface area (Å²) in [5, 5.41) is 3.01. The van der Waals surface area contributed by atoms with Crippen molar-refractivity contribution in [1.82, 2.24) is 0 Å². The third-order valence-electron chi connectivity index (χ3n) is 7.62. The largest absolute Gasteiger partial charge is 0.426 e. The minimum absolute atomic E-state index is 0.0129. The molecule has 0 fully saturated rings. The summed E-state index contributed by atoms with van der Waals surface area (Å²) in [5.74, 6) is -1.17. The molecule has 0 saturated heterocycles. The number of carbonyl (C=O) groups is 5. The summed E-state index contributed by atoms with van der Waals surface area (Å²) in [6.07, 6.45) is -0.129. The van der Waals surface area contributed by atoms with Gasteiger partial charge >= 0.3 is 5.97 Å². The van der Waals surface area contributed by atoms with Crippen LogP contribution >= 0.6 is 7.14 Å². The van der Waals surface area contributed by atoms with E-state index in [0.717, 1.165) is 0 Å². The van der Waals surface area contributed by atoms with Crippen molar-refractivity contribution in [3.8, 4) is 5.75 Å². The first-order valence-corrected chi connectivity index (χ1v) is 16.2. The number of nitrogens with one attached hydrogen (secondary N) is 1. The first kappa shape index (κ1) is 30.3. The van der Waals surface area contributed by atoms with E-state index in [2.05, 4.69) is 5.32 Å². The lowest BCUT2D eigenvalue weighted by Crippen LogP contribution is -2.23. The van der Waals surface area contributed by atoms with Crippen LogP contribution in [0.15, 0.2) is 127 Å². The smallest absolute Gasteiger partial charge is 0.312 e. The van der Waals surface area contributed by atoms with Crippen molar-refractivity contribution in [3.05, 3.63) is 161 Å². The van der Waals surface area contributed by atoms with Gasteiger partial charge in [0.25, 0.3) is 0 Å². The van der Waals surface area contributed by atoms with Crippen LogP contribution < -0.4 is 15.4 Å². The number of ether oxygens (including phenoxy) is 1. The van der Waals surface area contributed by atoms with Crippen LogP contribution in [0.5, 0.6) is 5.75 Å². The van der Waals surface area contributed by atoms with Crippen molar-refractivity contribution >= 4 is 46.7 Å². The lowest BCUT2D eigenvalue weighted by Gasteiger charge is -2.20. The summed E-state index contributed by atoms with van der Waals surface area (Å²) in [7, 11) is -4.42. The Labute approximate surface area is 264 Å². The highest BCUT2D eigenvalue weighted by Crippen LogP contribution is 2.51. The number of rotatable bonds is 10. The molecular weight excluding hydrogens is 601 g/mol. The molecule has 1 aliphatic rings. The molecule has 0 unspecified atom stereocenters. The average molecular weight is 628 g/mol. The van der Waals surface area contributed by atoms with Crippen LogP contribution in [0.1, 0.15) is 59.0 Å². The minimum atomic E-state index is -4.42. The van der Waals surface area contributed by atoms with E-state index in [1.54, 1.807) is 78.9 Å². The number of carbonyl (C=O) groups excluding carboxylic acids is 5. The fraction of sp³-hybridized carbons (Fsp3) is 0.0541. The molecule has 5 aromatic rings. The van der Waals surface area contributed by atoms with Crippen molar-refractivity contribution < 1.29 is 33.3 Å². The Morgan fingerprint density at radius 1 is 0.609 bits per heavy atom. The highest BCUT2D eigenvalue weighted by atomic mass is 31.2. The van der Waals surface area contributed by atoms with Gasteiger partial charge in [-0.05, 0) is 18.2 Å². The predicted octanol–water partition coefficient (Wildman–Crippen LogP) is 6.54. The van der Waals surface area contributed by atoms with Gasteiger partial charge in [-0.1, -0.05) is 109 Å². The van der Waals surface area contributed by atoms with Crippen LogP contribution in [0.25, 0.3) is 0 Å². The molecule has 1 aliphatic carbocycles. The predicted molar refractivity (Wildman–Crippen MR) is 174 cm³/mol. The Bertz CT molecular complexity index is 2020. The van der Waals surface area contributed by atoms with Gasteiger partial charge in [0, 0.05) is 45.4 Å². The Kier molecular flexibility index (Phi) is 8.38. The number of ketones is 2. The molecule has 6 rings (SSSR count). The molecule has 0 atom stereocenters. The lowest BCUT2D eigenvalue weighted by molar-refractivity contribution is -0.134. The zero-order chi connectivity index (χ0) is 32.3. The summed E-state index contributed by atoms with van der Waals surface area (Å²) in [6.45, 7) is 0.0789. The Balaban J connectivity index is 1.20. The van der Waals surface area contributed by atoms with Gasteiger partial charge in [-0.15, -0.1) is 0 Å². The summed E-state index contributed by atoms with van der Waals surface area (Å²) >= 11 is 0. The second-order valence-corrected chi connectivity index (χ2v) is 13.1. The highest BCUT2D eigenvalue weighted by molar-refractivity contribution is 8.01. The Morgan fingerprint density at radius 3 is 1.78 bits per heavy atom. The molecule has 226 valence electrons. The highest BCUT2D eigenvalue weighted by Gasteiger charge is 2.43. The first-order valence-electron chi connectivity index (χ1n) is 14.5. The van der Waals surface area contributed by atoms with Gasteiger partial charge in [0.2, 0.25) is 18.2 Å². The van der Waals surface area contributed by atoms with Crippen molar-refractivity contribution in [3.63, 3.8) is 0 Å². The maximum absolute atomic E-state index is 14.5. The fourth-order valence-corrected chi connectivity index (χ4v) is 7.65. The second kappa shape index (κ2) is 12.7. The monoisotopic (exact) mass is 627 g/mol. The van der Waals surface area contributed by atoms with Crippen LogP contribution in [-0.2, 0) is 9.36 Å². The molecule has 0 heterocycles. The molecule has 0 aromatic heterocycles. The Hall–Kier alpha value is -5.72. The van der Waals surface area contributed by atoms with Gasteiger partial charge in [-0.25, -0.2) is 0 Å². The van der Waals surface area contributed by atoms with Crippen molar-refractivity contribution in [2.24, 2.45) is 0 Å². The third kappa shape index (κ3) is 5.62. The molecular formula is C37H26NO7P. The van der Waals surface area contributed by atoms with Gasteiger partial charge in [-0.2, -0.15) is 0 Å². The number of hydrogen-bond donors (Lipinski definition) is 1. The van der Waals surface area contributed by atoms with Gasteiger partial charge in [0.05, 0.1) is 12.0 Å². The molecule has 0 radical (unpaired) electrons. The zero-order valence-corrected chi connectivity index (χ0v) is 25.2. The van der Waals surface area contributed by atoms with Crippen molar-refractivity contribution in [2.45, 2.75) is 6.42 Å². The fourth-order valence-electron chi connectivity index (χ4n) is 5.37. The van der Waals surface area contributed by atoms with Gasteiger partial charge in [-0.3, -0.25) is 24.0 Å².